The molecule has 0 radical (unpaired) electrons. The zero-order valence-corrected chi connectivity index (χ0v) is 10.5. The Morgan fingerprint density at radius 1 is 1.32 bits per heavy atom. The second kappa shape index (κ2) is 6.09. The van der Waals surface area contributed by atoms with Crippen molar-refractivity contribution in [2.45, 2.75) is 19.3 Å². The van der Waals surface area contributed by atoms with Crippen LogP contribution >= 0.6 is 0 Å². The van der Waals surface area contributed by atoms with Gasteiger partial charge in [0.05, 0.1) is 4.92 Å². The number of nitrogens with zero attached hydrogens (tertiary/aromatic N) is 1. The number of carbonyl (C=O) groups is 1. The van der Waals surface area contributed by atoms with Crippen molar-refractivity contribution >= 4 is 17.5 Å². The molecule has 0 saturated heterocycles. The van der Waals surface area contributed by atoms with Gasteiger partial charge in [0.15, 0.2) is 5.78 Å². The molecule has 0 amide bonds. The van der Waals surface area contributed by atoms with E-state index >= 15 is 0 Å². The minimum absolute atomic E-state index is 0.0827. The highest BCUT2D eigenvalue weighted by molar-refractivity contribution is 5.92. The molecule has 0 saturated carbocycles. The van der Waals surface area contributed by atoms with E-state index in [9.17, 15) is 14.9 Å². The normalized spacial score (nSPS) is 18.9. The summed E-state index contributed by atoms with van der Waals surface area (Å²) in [6.07, 6.45) is 10.0. The van der Waals surface area contributed by atoms with Crippen LogP contribution in [0.5, 0.6) is 0 Å². The predicted octanol–water partition coefficient (Wildman–Crippen LogP) is 3.53. The monoisotopic (exact) mass is 257 g/mol. The van der Waals surface area contributed by atoms with Gasteiger partial charge in [-0.3, -0.25) is 14.9 Å². The lowest BCUT2D eigenvalue weighted by atomic mass is 9.90. The Morgan fingerprint density at radius 2 is 2.05 bits per heavy atom. The van der Waals surface area contributed by atoms with Gasteiger partial charge in [0.2, 0.25) is 0 Å². The first-order valence-corrected chi connectivity index (χ1v) is 6.28. The molecule has 1 atom stereocenters. The molecular formula is C15H15NO3. The molecule has 1 aromatic carbocycles. The molecule has 98 valence electrons. The number of rotatable bonds is 4. The third-order valence-corrected chi connectivity index (χ3v) is 3.20. The fourth-order valence-corrected chi connectivity index (χ4v) is 2.08. The van der Waals surface area contributed by atoms with Gasteiger partial charge in [-0.1, -0.05) is 18.2 Å². The Balaban J connectivity index is 1.93. The minimum Gasteiger partial charge on any atom is -0.295 e. The van der Waals surface area contributed by atoms with Gasteiger partial charge in [0.25, 0.3) is 5.69 Å². The van der Waals surface area contributed by atoms with Crippen LogP contribution in [-0.2, 0) is 4.79 Å². The summed E-state index contributed by atoms with van der Waals surface area (Å²) in [4.78, 5) is 21.7. The van der Waals surface area contributed by atoms with E-state index in [0.717, 1.165) is 24.8 Å². The molecule has 19 heavy (non-hydrogen) atoms. The highest BCUT2D eigenvalue weighted by Crippen LogP contribution is 2.20. The molecule has 0 aliphatic heterocycles. The Kier molecular flexibility index (Phi) is 4.23. The van der Waals surface area contributed by atoms with E-state index in [1.807, 2.05) is 18.2 Å². The quantitative estimate of drug-likeness (QED) is 0.612. The predicted molar refractivity (Wildman–Crippen MR) is 73.6 cm³/mol. The molecule has 4 nitrogen and oxygen atoms in total. The molecule has 4 heteroatoms. The summed E-state index contributed by atoms with van der Waals surface area (Å²) < 4.78 is 0. The van der Waals surface area contributed by atoms with Gasteiger partial charge in [-0.25, -0.2) is 0 Å². The van der Waals surface area contributed by atoms with E-state index in [2.05, 4.69) is 0 Å². The van der Waals surface area contributed by atoms with Crippen LogP contribution in [-0.4, -0.2) is 10.7 Å². The lowest BCUT2D eigenvalue weighted by Crippen LogP contribution is -2.13. The number of nitro groups is 1. The molecule has 0 fully saturated rings. The maximum Gasteiger partial charge on any atom is 0.269 e. The molecule has 0 N–H and O–H groups in total. The zero-order valence-electron chi connectivity index (χ0n) is 10.5. The van der Waals surface area contributed by atoms with Crippen LogP contribution in [0.4, 0.5) is 5.69 Å². The molecule has 1 aromatic rings. The number of hydrogen-bond acceptors (Lipinski definition) is 3. The average Bonchev–Trinajstić information content (AvgIpc) is 2.41. The van der Waals surface area contributed by atoms with Crippen LogP contribution in [0, 0.1) is 16.0 Å². The van der Waals surface area contributed by atoms with E-state index in [1.54, 1.807) is 18.2 Å². The van der Waals surface area contributed by atoms with Crippen molar-refractivity contribution in [1.82, 2.24) is 0 Å². The van der Waals surface area contributed by atoms with Crippen LogP contribution < -0.4 is 0 Å². The largest absolute Gasteiger partial charge is 0.295 e. The Labute approximate surface area is 111 Å². The molecule has 0 heterocycles. The van der Waals surface area contributed by atoms with E-state index in [4.69, 9.17) is 0 Å². The molecule has 1 unspecified atom stereocenters. The lowest BCUT2D eigenvalue weighted by Gasteiger charge is -2.13. The van der Waals surface area contributed by atoms with Gasteiger partial charge in [-0.15, -0.1) is 0 Å². The van der Waals surface area contributed by atoms with E-state index in [-0.39, 0.29) is 17.4 Å². The highest BCUT2D eigenvalue weighted by Gasteiger charge is 2.16. The number of carbonyl (C=O) groups excluding carboxylic acids is 1. The molecular weight excluding hydrogens is 242 g/mol. The summed E-state index contributed by atoms with van der Waals surface area (Å²) in [5.41, 5.74) is 0.995. The topological polar surface area (TPSA) is 60.2 Å². The van der Waals surface area contributed by atoms with Crippen LogP contribution in [0.15, 0.2) is 42.5 Å². The third kappa shape index (κ3) is 3.61. The van der Waals surface area contributed by atoms with Crippen LogP contribution in [0.2, 0.25) is 0 Å². The highest BCUT2D eigenvalue weighted by atomic mass is 16.6. The molecule has 1 aliphatic carbocycles. The summed E-state index contributed by atoms with van der Waals surface area (Å²) in [6, 6.07) is 6.37. The first-order valence-electron chi connectivity index (χ1n) is 6.28. The first-order chi connectivity index (χ1) is 9.16. The Bertz CT molecular complexity index is 529. The minimum atomic E-state index is -0.416. The number of nitro benzene ring substituents is 1. The SMILES string of the molecule is O=C1C=CCCC1C/C=C/c1ccc([N+](=O)[O-])cc1. The summed E-state index contributed by atoms with van der Waals surface area (Å²) >= 11 is 0. The van der Waals surface area contributed by atoms with Crippen molar-refractivity contribution in [3.63, 3.8) is 0 Å². The van der Waals surface area contributed by atoms with Gasteiger partial charge in [0, 0.05) is 18.1 Å². The third-order valence-electron chi connectivity index (χ3n) is 3.20. The molecule has 0 aromatic heterocycles. The lowest BCUT2D eigenvalue weighted by molar-refractivity contribution is -0.384. The number of non-ortho nitro benzene ring substituents is 1. The smallest absolute Gasteiger partial charge is 0.269 e. The van der Waals surface area contributed by atoms with Gasteiger partial charge in [0.1, 0.15) is 0 Å². The standard InChI is InChI=1S/C15H15NO3/c17-15-7-2-1-5-13(15)6-3-4-12-8-10-14(11-9-12)16(18)19/h2-4,7-11,13H,1,5-6H2/b4-3+. The first kappa shape index (κ1) is 13.2. The maximum absolute atomic E-state index is 11.6. The van der Waals surface area contributed by atoms with Crippen LogP contribution in [0.25, 0.3) is 6.08 Å². The summed E-state index contributed by atoms with van der Waals surface area (Å²) in [5, 5.41) is 10.5. The average molecular weight is 257 g/mol. The van der Waals surface area contributed by atoms with Gasteiger partial charge >= 0.3 is 0 Å². The summed E-state index contributed by atoms with van der Waals surface area (Å²) in [6.45, 7) is 0. The maximum atomic E-state index is 11.6. The Hall–Kier alpha value is -2.23. The van der Waals surface area contributed by atoms with E-state index in [1.165, 1.54) is 12.1 Å². The van der Waals surface area contributed by atoms with E-state index < -0.39 is 4.92 Å². The summed E-state index contributed by atoms with van der Waals surface area (Å²) in [5.74, 6) is 0.277. The number of allylic oxidation sites excluding steroid dienone is 3. The molecule has 1 aliphatic rings. The van der Waals surface area contributed by atoms with Crippen molar-refractivity contribution in [3.8, 4) is 0 Å². The fourth-order valence-electron chi connectivity index (χ4n) is 2.08. The van der Waals surface area contributed by atoms with Gasteiger partial charge in [-0.2, -0.15) is 0 Å². The second-order valence-corrected chi connectivity index (χ2v) is 4.57. The van der Waals surface area contributed by atoms with Gasteiger partial charge < -0.3 is 0 Å². The van der Waals surface area contributed by atoms with Gasteiger partial charge in [-0.05, 0) is 43.0 Å². The van der Waals surface area contributed by atoms with Crippen molar-refractivity contribution in [3.05, 3.63) is 58.2 Å². The van der Waals surface area contributed by atoms with Crippen LogP contribution in [0.3, 0.4) is 0 Å². The van der Waals surface area contributed by atoms with Crippen molar-refractivity contribution in [1.29, 1.82) is 0 Å². The molecule has 0 bridgehead atoms. The van der Waals surface area contributed by atoms with E-state index in [0.29, 0.717) is 0 Å². The molecule has 2 rings (SSSR count). The number of ketones is 1. The Morgan fingerprint density at radius 3 is 2.68 bits per heavy atom. The zero-order chi connectivity index (χ0) is 13.7. The summed E-state index contributed by atoms with van der Waals surface area (Å²) in [7, 11) is 0. The number of hydrogen-bond donors (Lipinski definition) is 0. The number of benzene rings is 1. The van der Waals surface area contributed by atoms with Crippen LogP contribution in [0.1, 0.15) is 24.8 Å². The fraction of sp³-hybridized carbons (Fsp3) is 0.267. The van der Waals surface area contributed by atoms with Crippen molar-refractivity contribution < 1.29 is 9.72 Å². The molecule has 0 spiro atoms. The van der Waals surface area contributed by atoms with Crippen molar-refractivity contribution in [2.24, 2.45) is 5.92 Å². The second-order valence-electron chi connectivity index (χ2n) is 4.57. The van der Waals surface area contributed by atoms with Crippen molar-refractivity contribution in [2.75, 3.05) is 0 Å².